The molecule has 0 aliphatic carbocycles. The number of carbonyl (C=O) groups excluding carboxylic acids is 1. The molecular weight excluding hydrogens is 556 g/mol. The number of para-hydroxylation sites is 1. The van der Waals surface area contributed by atoms with Gasteiger partial charge in [-0.05, 0) is 63.7 Å². The minimum Gasteiger partial charge on any atom is -0.481 e. The largest absolute Gasteiger partial charge is 0.481 e. The number of nitrogens with zero attached hydrogens (tertiary/aromatic N) is 2. The molecule has 0 aromatic heterocycles. The predicted octanol–water partition coefficient (Wildman–Crippen LogP) is 7.00. The summed E-state index contributed by atoms with van der Waals surface area (Å²) in [6.45, 7) is 4.11. The van der Waals surface area contributed by atoms with Crippen molar-refractivity contribution in [3.63, 3.8) is 0 Å². The summed E-state index contributed by atoms with van der Waals surface area (Å²) in [5.41, 5.74) is 1.52. The molecule has 3 fully saturated rings. The zero-order valence-electron chi connectivity index (χ0n) is 24.0. The van der Waals surface area contributed by atoms with Crippen LogP contribution in [0.5, 0.6) is 5.75 Å². The minimum absolute atomic E-state index is 0.0787. The van der Waals surface area contributed by atoms with Crippen LogP contribution >= 0.6 is 11.6 Å². The molecule has 1 unspecified atom stereocenters. The number of amides is 1. The molecule has 3 saturated heterocycles. The van der Waals surface area contributed by atoms with Crippen molar-refractivity contribution in [2.45, 2.75) is 69.8 Å². The number of piperidine rings is 2. The maximum Gasteiger partial charge on any atom is 0.415 e. The molecule has 0 spiro atoms. The Morgan fingerprint density at radius 1 is 0.952 bits per heavy atom. The molecule has 3 heterocycles. The lowest BCUT2D eigenvalue weighted by atomic mass is 9.91. The average Bonchev–Trinajstić information content (AvgIpc) is 3.02. The normalized spacial score (nSPS) is 24.1. The summed E-state index contributed by atoms with van der Waals surface area (Å²) in [6.07, 6.45) is 9.36. The summed E-state index contributed by atoms with van der Waals surface area (Å²) in [7, 11) is 0. The van der Waals surface area contributed by atoms with Crippen molar-refractivity contribution >= 4 is 23.7 Å². The number of halogens is 1. The van der Waals surface area contributed by atoms with E-state index >= 15 is 0 Å². The second-order valence-electron chi connectivity index (χ2n) is 11.4. The molecular formula is C33H41ClN2O6. The maximum absolute atomic E-state index is 13.3. The smallest absolute Gasteiger partial charge is 0.415 e. The number of benzene rings is 2. The van der Waals surface area contributed by atoms with E-state index in [0.717, 1.165) is 24.0 Å². The number of carboxylic acid groups (broad SMARTS) is 1. The van der Waals surface area contributed by atoms with Crippen molar-refractivity contribution in [1.82, 2.24) is 9.80 Å². The number of rotatable bonds is 9. The molecule has 5 rings (SSSR count). The molecule has 3 aliphatic rings. The standard InChI is InChI=1S/C33H41ClN2O6/c34-28-14-7-5-12-26(28)32-40-23-24(11-3-1-4-16-30(37)38)31(42-32)27-13-6-8-15-29(27)41-33(39)36-21-17-25(18-22-36)35-19-9-2-10-20-35/h1,3,5-8,12-15,24-25,31-32H,2,4,9-11,16-23H2,(H,37,38)/b3-1-/t24-,31+,32?/m1/s1. The lowest BCUT2D eigenvalue weighted by molar-refractivity contribution is -0.244. The van der Waals surface area contributed by atoms with Crippen LogP contribution in [0, 0.1) is 5.92 Å². The first kappa shape index (κ1) is 30.5. The van der Waals surface area contributed by atoms with Gasteiger partial charge in [-0.2, -0.15) is 0 Å². The van der Waals surface area contributed by atoms with Crippen LogP contribution in [-0.4, -0.2) is 65.8 Å². The van der Waals surface area contributed by atoms with E-state index < -0.39 is 18.4 Å². The zero-order valence-corrected chi connectivity index (χ0v) is 24.8. The fourth-order valence-corrected chi connectivity index (χ4v) is 6.41. The third-order valence-corrected chi connectivity index (χ3v) is 8.85. The maximum atomic E-state index is 13.3. The van der Waals surface area contributed by atoms with Gasteiger partial charge in [-0.15, -0.1) is 0 Å². The van der Waals surface area contributed by atoms with Gasteiger partial charge in [-0.3, -0.25) is 4.79 Å². The molecule has 2 aromatic rings. The fraction of sp³-hybridized carbons (Fsp3) is 0.515. The molecule has 0 radical (unpaired) electrons. The fourth-order valence-electron chi connectivity index (χ4n) is 6.19. The van der Waals surface area contributed by atoms with Crippen LogP contribution < -0.4 is 4.74 Å². The van der Waals surface area contributed by atoms with E-state index in [9.17, 15) is 9.59 Å². The monoisotopic (exact) mass is 596 g/mol. The highest BCUT2D eigenvalue weighted by molar-refractivity contribution is 6.31. The number of ether oxygens (including phenoxy) is 3. The van der Waals surface area contributed by atoms with Crippen molar-refractivity contribution in [3.8, 4) is 5.75 Å². The Kier molecular flexibility index (Phi) is 10.9. The van der Waals surface area contributed by atoms with Crippen LogP contribution in [0.1, 0.15) is 74.9 Å². The van der Waals surface area contributed by atoms with Crippen molar-refractivity contribution in [2.75, 3.05) is 32.8 Å². The van der Waals surface area contributed by atoms with E-state index in [-0.39, 0.29) is 18.4 Å². The van der Waals surface area contributed by atoms with E-state index in [0.29, 0.717) is 49.4 Å². The van der Waals surface area contributed by atoms with Crippen LogP contribution in [0.4, 0.5) is 4.79 Å². The molecule has 0 saturated carbocycles. The minimum atomic E-state index is -0.823. The number of hydrogen-bond acceptors (Lipinski definition) is 6. The molecule has 0 bridgehead atoms. The summed E-state index contributed by atoms with van der Waals surface area (Å²) < 4.78 is 18.7. The first-order chi connectivity index (χ1) is 20.5. The van der Waals surface area contributed by atoms with Crippen LogP contribution in [0.25, 0.3) is 0 Å². The van der Waals surface area contributed by atoms with Gasteiger partial charge in [0.1, 0.15) is 5.75 Å². The van der Waals surface area contributed by atoms with Gasteiger partial charge in [-0.1, -0.05) is 66.6 Å². The first-order valence-electron chi connectivity index (χ1n) is 15.2. The van der Waals surface area contributed by atoms with Gasteiger partial charge in [0, 0.05) is 47.6 Å². The number of aliphatic carboxylic acids is 1. The van der Waals surface area contributed by atoms with Gasteiger partial charge in [0.25, 0.3) is 0 Å². The van der Waals surface area contributed by atoms with Gasteiger partial charge in [0.15, 0.2) is 6.29 Å². The number of allylic oxidation sites excluding steroid dienone is 2. The van der Waals surface area contributed by atoms with Crippen LogP contribution in [-0.2, 0) is 14.3 Å². The number of likely N-dealkylation sites (tertiary alicyclic amines) is 2. The third kappa shape index (κ3) is 7.92. The van der Waals surface area contributed by atoms with E-state index in [2.05, 4.69) is 4.90 Å². The van der Waals surface area contributed by atoms with E-state index in [1.807, 2.05) is 59.5 Å². The second-order valence-corrected chi connectivity index (χ2v) is 11.8. The Morgan fingerprint density at radius 3 is 2.40 bits per heavy atom. The van der Waals surface area contributed by atoms with Crippen LogP contribution in [0.15, 0.2) is 60.7 Å². The topological polar surface area (TPSA) is 88.5 Å². The summed E-state index contributed by atoms with van der Waals surface area (Å²) in [5, 5.41) is 9.51. The highest BCUT2D eigenvalue weighted by Crippen LogP contribution is 2.44. The van der Waals surface area contributed by atoms with Crippen molar-refractivity contribution in [3.05, 3.63) is 76.8 Å². The van der Waals surface area contributed by atoms with Gasteiger partial charge >= 0.3 is 12.1 Å². The Morgan fingerprint density at radius 2 is 1.67 bits per heavy atom. The first-order valence-corrected chi connectivity index (χ1v) is 15.6. The van der Waals surface area contributed by atoms with Crippen molar-refractivity contribution in [2.24, 2.45) is 5.92 Å². The Bertz CT molecular complexity index is 1220. The Hall–Kier alpha value is -2.91. The second kappa shape index (κ2) is 15.0. The molecule has 42 heavy (non-hydrogen) atoms. The van der Waals surface area contributed by atoms with Crippen LogP contribution in [0.2, 0.25) is 5.02 Å². The highest BCUT2D eigenvalue weighted by Gasteiger charge is 2.36. The summed E-state index contributed by atoms with van der Waals surface area (Å²) in [6, 6.07) is 15.5. The van der Waals surface area contributed by atoms with Crippen molar-refractivity contribution < 1.29 is 28.9 Å². The number of carbonyl (C=O) groups is 2. The third-order valence-electron chi connectivity index (χ3n) is 8.50. The summed E-state index contributed by atoms with van der Waals surface area (Å²) in [4.78, 5) is 28.7. The summed E-state index contributed by atoms with van der Waals surface area (Å²) >= 11 is 6.48. The van der Waals surface area contributed by atoms with Gasteiger partial charge in [0.05, 0.1) is 12.7 Å². The summed E-state index contributed by atoms with van der Waals surface area (Å²) in [5.74, 6) is -0.425. The lowest BCUT2D eigenvalue weighted by Gasteiger charge is -2.40. The SMILES string of the molecule is O=C(O)CC/C=C\C[C@@H]1COC(c2ccccc2Cl)O[C@@H]1c1ccccc1OC(=O)N1CCC(N2CCCCC2)CC1. The molecule has 8 nitrogen and oxygen atoms in total. The van der Waals surface area contributed by atoms with E-state index in [1.165, 1.54) is 32.4 Å². The molecule has 2 aromatic carbocycles. The number of carboxylic acids is 1. The van der Waals surface area contributed by atoms with E-state index in [1.54, 1.807) is 6.07 Å². The Balaban J connectivity index is 1.29. The van der Waals surface area contributed by atoms with E-state index in [4.69, 9.17) is 30.9 Å². The molecule has 1 N–H and O–H groups in total. The lowest BCUT2D eigenvalue weighted by Crippen LogP contribution is -2.48. The Labute approximate surface area is 253 Å². The van der Waals surface area contributed by atoms with Gasteiger partial charge in [-0.25, -0.2) is 4.79 Å². The van der Waals surface area contributed by atoms with Crippen LogP contribution in [0.3, 0.4) is 0 Å². The highest BCUT2D eigenvalue weighted by atomic mass is 35.5. The number of hydrogen-bond donors (Lipinski definition) is 1. The molecule has 226 valence electrons. The quantitative estimate of drug-likeness (QED) is 0.312. The van der Waals surface area contributed by atoms with Gasteiger partial charge < -0.3 is 29.1 Å². The molecule has 3 aliphatic heterocycles. The van der Waals surface area contributed by atoms with Crippen molar-refractivity contribution in [1.29, 1.82) is 0 Å². The molecule has 1 amide bonds. The van der Waals surface area contributed by atoms with Gasteiger partial charge in [0.2, 0.25) is 0 Å². The molecule has 3 atom stereocenters. The zero-order chi connectivity index (χ0) is 29.3. The average molecular weight is 597 g/mol. The molecule has 9 heteroatoms. The predicted molar refractivity (Wildman–Crippen MR) is 161 cm³/mol.